The van der Waals surface area contributed by atoms with Gasteiger partial charge in [-0.1, -0.05) is 5.16 Å². The van der Waals surface area contributed by atoms with Gasteiger partial charge in [-0.15, -0.1) is 0 Å². The molecule has 2 aromatic heterocycles. The van der Waals surface area contributed by atoms with Crippen LogP contribution < -0.4 is 0 Å². The first-order chi connectivity index (χ1) is 11.5. The topological polar surface area (TPSA) is 113 Å². The standard InChI is InChI=1S/C15H12N4O5/c1-18-8-2-3-12(18)15(20)23-9-13-16-14(17-24-13)10-4-6-11(7-5-10)19(21)22/h2-8H,9H2,1H3. The number of carbonyl (C=O) groups is 1. The predicted molar refractivity (Wildman–Crippen MR) is 80.9 cm³/mol. The van der Waals surface area contributed by atoms with Crippen LogP contribution in [0.2, 0.25) is 0 Å². The molecular weight excluding hydrogens is 316 g/mol. The van der Waals surface area contributed by atoms with E-state index < -0.39 is 10.9 Å². The molecule has 0 fully saturated rings. The molecule has 122 valence electrons. The van der Waals surface area contributed by atoms with Crippen molar-refractivity contribution in [3.63, 3.8) is 0 Å². The van der Waals surface area contributed by atoms with Crippen LogP contribution in [0, 0.1) is 10.1 Å². The quantitative estimate of drug-likeness (QED) is 0.401. The van der Waals surface area contributed by atoms with Crippen LogP contribution in [-0.4, -0.2) is 25.6 Å². The molecule has 24 heavy (non-hydrogen) atoms. The van der Waals surface area contributed by atoms with Gasteiger partial charge in [0, 0.05) is 30.9 Å². The highest BCUT2D eigenvalue weighted by Crippen LogP contribution is 2.20. The smallest absolute Gasteiger partial charge is 0.355 e. The van der Waals surface area contributed by atoms with E-state index in [-0.39, 0.29) is 24.0 Å². The van der Waals surface area contributed by atoms with Crippen molar-refractivity contribution in [2.24, 2.45) is 7.05 Å². The van der Waals surface area contributed by atoms with Crippen molar-refractivity contribution in [1.82, 2.24) is 14.7 Å². The number of ether oxygens (including phenoxy) is 1. The number of aromatic nitrogens is 3. The van der Waals surface area contributed by atoms with E-state index in [1.54, 1.807) is 29.9 Å². The van der Waals surface area contributed by atoms with E-state index in [1.165, 1.54) is 24.3 Å². The number of nitrogens with zero attached hydrogens (tertiary/aromatic N) is 4. The average molecular weight is 328 g/mol. The van der Waals surface area contributed by atoms with Crippen molar-refractivity contribution in [3.05, 3.63) is 64.3 Å². The Balaban J connectivity index is 1.66. The molecule has 0 aliphatic carbocycles. The number of benzene rings is 1. The van der Waals surface area contributed by atoms with Gasteiger partial charge in [0.2, 0.25) is 5.82 Å². The highest BCUT2D eigenvalue weighted by molar-refractivity contribution is 5.87. The molecule has 2 heterocycles. The van der Waals surface area contributed by atoms with Crippen LogP contribution in [0.3, 0.4) is 0 Å². The predicted octanol–water partition coefficient (Wildman–Crippen LogP) is 2.34. The van der Waals surface area contributed by atoms with Gasteiger partial charge < -0.3 is 13.8 Å². The van der Waals surface area contributed by atoms with Crippen molar-refractivity contribution in [3.8, 4) is 11.4 Å². The molecule has 0 aliphatic rings. The SMILES string of the molecule is Cn1cccc1C(=O)OCc1nc(-c2ccc([N+](=O)[O-])cc2)no1. The monoisotopic (exact) mass is 328 g/mol. The number of nitro groups is 1. The summed E-state index contributed by atoms with van der Waals surface area (Å²) < 4.78 is 11.8. The molecule has 0 saturated heterocycles. The molecule has 9 nitrogen and oxygen atoms in total. The van der Waals surface area contributed by atoms with E-state index in [9.17, 15) is 14.9 Å². The number of aryl methyl sites for hydroxylation is 1. The van der Waals surface area contributed by atoms with Gasteiger partial charge in [-0.2, -0.15) is 4.98 Å². The Labute approximate surface area is 135 Å². The normalized spacial score (nSPS) is 10.5. The second-order valence-electron chi connectivity index (χ2n) is 4.90. The number of rotatable bonds is 5. The van der Waals surface area contributed by atoms with Gasteiger partial charge in [0.15, 0.2) is 6.61 Å². The van der Waals surface area contributed by atoms with Crippen molar-refractivity contribution in [1.29, 1.82) is 0 Å². The van der Waals surface area contributed by atoms with Gasteiger partial charge in [-0.05, 0) is 24.3 Å². The Morgan fingerprint density at radius 1 is 1.33 bits per heavy atom. The maximum atomic E-state index is 11.9. The summed E-state index contributed by atoms with van der Waals surface area (Å²) in [7, 11) is 1.73. The molecule has 0 amide bonds. The zero-order valence-electron chi connectivity index (χ0n) is 12.6. The van der Waals surface area contributed by atoms with Gasteiger partial charge in [-0.3, -0.25) is 10.1 Å². The first kappa shape index (κ1) is 15.4. The second-order valence-corrected chi connectivity index (χ2v) is 4.90. The molecule has 0 spiro atoms. The molecule has 0 N–H and O–H groups in total. The summed E-state index contributed by atoms with van der Waals surface area (Å²) in [4.78, 5) is 26.1. The molecule has 1 aromatic carbocycles. The number of carbonyl (C=O) groups excluding carboxylic acids is 1. The van der Waals surface area contributed by atoms with Crippen molar-refractivity contribution in [2.75, 3.05) is 0 Å². The lowest BCUT2D eigenvalue weighted by molar-refractivity contribution is -0.384. The summed E-state index contributed by atoms with van der Waals surface area (Å²) in [6, 6.07) is 9.10. The minimum absolute atomic E-state index is 0.0287. The van der Waals surface area contributed by atoms with E-state index in [1.807, 2.05) is 0 Å². The molecule has 0 atom stereocenters. The summed E-state index contributed by atoms with van der Waals surface area (Å²) in [5.74, 6) is -0.113. The number of esters is 1. The molecule has 0 saturated carbocycles. The van der Waals surface area contributed by atoms with E-state index >= 15 is 0 Å². The summed E-state index contributed by atoms with van der Waals surface area (Å²) >= 11 is 0. The lowest BCUT2D eigenvalue weighted by Gasteiger charge is -2.02. The fraction of sp³-hybridized carbons (Fsp3) is 0.133. The van der Waals surface area contributed by atoms with Crippen molar-refractivity contribution < 1.29 is 19.0 Å². The number of nitro benzene ring substituents is 1. The van der Waals surface area contributed by atoms with Crippen LogP contribution >= 0.6 is 0 Å². The Hall–Kier alpha value is -3.49. The van der Waals surface area contributed by atoms with Crippen LogP contribution in [0.25, 0.3) is 11.4 Å². The molecule has 9 heteroatoms. The van der Waals surface area contributed by atoms with Crippen LogP contribution in [0.1, 0.15) is 16.4 Å². The lowest BCUT2D eigenvalue weighted by Crippen LogP contribution is -2.09. The maximum Gasteiger partial charge on any atom is 0.355 e. The lowest BCUT2D eigenvalue weighted by atomic mass is 10.2. The molecule has 0 unspecified atom stereocenters. The first-order valence-electron chi connectivity index (χ1n) is 6.90. The third kappa shape index (κ3) is 3.14. The molecule has 0 radical (unpaired) electrons. The summed E-state index contributed by atoms with van der Waals surface area (Å²) in [5.41, 5.74) is 0.938. The highest BCUT2D eigenvalue weighted by atomic mass is 16.6. The van der Waals surface area contributed by atoms with Crippen molar-refractivity contribution >= 4 is 11.7 Å². The second kappa shape index (κ2) is 6.32. The van der Waals surface area contributed by atoms with Gasteiger partial charge in [0.1, 0.15) is 5.69 Å². The number of non-ortho nitro benzene ring substituents is 1. The van der Waals surface area contributed by atoms with E-state index in [4.69, 9.17) is 9.26 Å². The Bertz CT molecular complexity index is 881. The summed E-state index contributed by atoms with van der Waals surface area (Å²) in [5, 5.41) is 14.4. The van der Waals surface area contributed by atoms with Crippen LogP contribution in [-0.2, 0) is 18.4 Å². The fourth-order valence-corrected chi connectivity index (χ4v) is 2.04. The van der Waals surface area contributed by atoms with E-state index in [0.29, 0.717) is 11.3 Å². The minimum Gasteiger partial charge on any atom is -0.451 e. The Morgan fingerprint density at radius 2 is 2.08 bits per heavy atom. The molecule has 0 aliphatic heterocycles. The van der Waals surface area contributed by atoms with Crippen LogP contribution in [0.4, 0.5) is 5.69 Å². The molecule has 3 rings (SSSR count). The maximum absolute atomic E-state index is 11.9. The summed E-state index contributed by atoms with van der Waals surface area (Å²) in [6.07, 6.45) is 1.73. The van der Waals surface area contributed by atoms with Crippen LogP contribution in [0.5, 0.6) is 0 Å². The van der Waals surface area contributed by atoms with Gasteiger partial charge >= 0.3 is 5.97 Å². The minimum atomic E-state index is -0.502. The Kier molecular flexibility index (Phi) is 4.06. The van der Waals surface area contributed by atoms with Gasteiger partial charge in [0.25, 0.3) is 11.6 Å². The average Bonchev–Trinajstić information content (AvgIpc) is 3.21. The first-order valence-corrected chi connectivity index (χ1v) is 6.90. The van der Waals surface area contributed by atoms with Gasteiger partial charge in [0.05, 0.1) is 4.92 Å². The largest absolute Gasteiger partial charge is 0.451 e. The van der Waals surface area contributed by atoms with Crippen LogP contribution in [0.15, 0.2) is 47.1 Å². The van der Waals surface area contributed by atoms with E-state index in [2.05, 4.69) is 10.1 Å². The summed E-state index contributed by atoms with van der Waals surface area (Å²) in [6.45, 7) is -0.163. The third-order valence-corrected chi connectivity index (χ3v) is 3.28. The zero-order chi connectivity index (χ0) is 17.1. The Morgan fingerprint density at radius 3 is 2.71 bits per heavy atom. The zero-order valence-corrected chi connectivity index (χ0v) is 12.6. The fourth-order valence-electron chi connectivity index (χ4n) is 2.04. The molecule has 3 aromatic rings. The highest BCUT2D eigenvalue weighted by Gasteiger charge is 2.15. The molecule has 0 bridgehead atoms. The van der Waals surface area contributed by atoms with Gasteiger partial charge in [-0.25, -0.2) is 4.79 Å². The number of hydrogen-bond acceptors (Lipinski definition) is 7. The number of hydrogen-bond donors (Lipinski definition) is 0. The van der Waals surface area contributed by atoms with Crippen molar-refractivity contribution in [2.45, 2.75) is 6.61 Å². The molecular formula is C15H12N4O5. The van der Waals surface area contributed by atoms with E-state index in [0.717, 1.165) is 0 Å². The third-order valence-electron chi connectivity index (χ3n) is 3.28.